The normalized spacial score (nSPS) is 16.0. The molecule has 4 rings (SSSR count). The van der Waals surface area contributed by atoms with Crippen LogP contribution in [0.3, 0.4) is 0 Å². The molecule has 1 saturated heterocycles. The monoisotopic (exact) mass is 329 g/mol. The summed E-state index contributed by atoms with van der Waals surface area (Å²) in [5, 5.41) is 0. The molecule has 3 aromatic rings. The first-order valence-electron chi connectivity index (χ1n) is 7.89. The topological polar surface area (TPSA) is 36.7 Å². The number of hydrogen-bond donors (Lipinski definition) is 0. The van der Waals surface area contributed by atoms with E-state index in [0.29, 0.717) is 12.1 Å². The largest absolute Gasteiger partial charge is 0.351 e. The minimum atomic E-state index is -0.542. The summed E-state index contributed by atoms with van der Waals surface area (Å²) in [4.78, 5) is 13.2. The van der Waals surface area contributed by atoms with E-state index in [9.17, 15) is 8.78 Å². The van der Waals surface area contributed by atoms with Gasteiger partial charge in [0.1, 0.15) is 11.6 Å². The van der Waals surface area contributed by atoms with Gasteiger partial charge in [0.25, 0.3) is 0 Å². The van der Waals surface area contributed by atoms with Crippen LogP contribution in [0.5, 0.6) is 0 Å². The van der Waals surface area contributed by atoms with E-state index in [1.54, 1.807) is 12.4 Å². The molecule has 1 fully saturated rings. The lowest BCUT2D eigenvalue weighted by molar-refractivity contribution is 0.246. The fraction of sp³-hybridized carbons (Fsp3) is 0.294. The lowest BCUT2D eigenvalue weighted by Crippen LogP contribution is -2.46. The molecule has 7 heteroatoms. The zero-order chi connectivity index (χ0) is 16.5. The molecule has 0 amide bonds. The Morgan fingerprint density at radius 1 is 0.958 bits per heavy atom. The fourth-order valence-corrected chi connectivity index (χ4v) is 3.07. The predicted molar refractivity (Wildman–Crippen MR) is 86.8 cm³/mol. The minimum Gasteiger partial charge on any atom is -0.351 e. The number of rotatable bonds is 3. The van der Waals surface area contributed by atoms with E-state index in [-0.39, 0.29) is 0 Å². The highest BCUT2D eigenvalue weighted by Gasteiger charge is 2.21. The van der Waals surface area contributed by atoms with Crippen molar-refractivity contribution in [2.24, 2.45) is 0 Å². The summed E-state index contributed by atoms with van der Waals surface area (Å²) in [7, 11) is 0. The Bertz CT molecular complexity index is 855. The van der Waals surface area contributed by atoms with E-state index in [2.05, 4.69) is 19.8 Å². The van der Waals surface area contributed by atoms with Gasteiger partial charge in [0, 0.05) is 69.1 Å². The van der Waals surface area contributed by atoms with Crippen molar-refractivity contribution in [3.63, 3.8) is 0 Å². The summed E-state index contributed by atoms with van der Waals surface area (Å²) < 4.78 is 28.7. The Kier molecular flexibility index (Phi) is 3.86. The number of imidazole rings is 1. The SMILES string of the molecule is Fc1ccc(CN2CCN(c3nccn4ccnc34)CC2)c(F)c1. The molecule has 0 saturated carbocycles. The van der Waals surface area contributed by atoms with E-state index in [1.807, 2.05) is 16.8 Å². The number of nitrogens with zero attached hydrogens (tertiary/aromatic N) is 5. The maximum atomic E-state index is 13.8. The van der Waals surface area contributed by atoms with Gasteiger partial charge in [-0.05, 0) is 6.07 Å². The van der Waals surface area contributed by atoms with Crippen molar-refractivity contribution in [3.8, 4) is 0 Å². The van der Waals surface area contributed by atoms with Crippen LogP contribution in [-0.4, -0.2) is 45.4 Å². The highest BCUT2D eigenvalue weighted by atomic mass is 19.1. The average molecular weight is 329 g/mol. The molecule has 0 bridgehead atoms. The van der Waals surface area contributed by atoms with Crippen LogP contribution >= 0.6 is 0 Å². The van der Waals surface area contributed by atoms with Gasteiger partial charge in [0.15, 0.2) is 11.5 Å². The second-order valence-corrected chi connectivity index (χ2v) is 5.91. The van der Waals surface area contributed by atoms with Gasteiger partial charge in [0.2, 0.25) is 0 Å². The highest BCUT2D eigenvalue weighted by Crippen LogP contribution is 2.20. The Balaban J connectivity index is 1.44. The maximum Gasteiger partial charge on any atom is 0.180 e. The Morgan fingerprint density at radius 2 is 1.71 bits per heavy atom. The number of piperazine rings is 1. The zero-order valence-corrected chi connectivity index (χ0v) is 13.1. The van der Waals surface area contributed by atoms with Crippen molar-refractivity contribution in [2.45, 2.75) is 6.54 Å². The van der Waals surface area contributed by atoms with Crippen LogP contribution in [0, 0.1) is 11.6 Å². The molecular formula is C17H17F2N5. The number of anilines is 1. The summed E-state index contributed by atoms with van der Waals surface area (Å²) in [6.45, 7) is 3.66. The molecule has 2 aromatic heterocycles. The molecule has 1 aliphatic rings. The minimum absolute atomic E-state index is 0.485. The lowest BCUT2D eigenvalue weighted by atomic mass is 10.2. The van der Waals surface area contributed by atoms with Gasteiger partial charge in [-0.1, -0.05) is 6.07 Å². The number of hydrogen-bond acceptors (Lipinski definition) is 4. The molecule has 124 valence electrons. The number of halogens is 2. The van der Waals surface area contributed by atoms with Crippen LogP contribution in [0.1, 0.15) is 5.56 Å². The smallest absolute Gasteiger partial charge is 0.180 e. The standard InChI is InChI=1S/C17H17F2N5/c18-14-2-1-13(15(19)11-14)12-22-7-9-24(10-8-22)17-16-20-3-5-23(16)6-4-21-17/h1-6,11H,7-10,12H2. The van der Waals surface area contributed by atoms with Crippen molar-refractivity contribution in [2.75, 3.05) is 31.1 Å². The molecule has 24 heavy (non-hydrogen) atoms. The van der Waals surface area contributed by atoms with E-state index in [4.69, 9.17) is 0 Å². The molecule has 5 nitrogen and oxygen atoms in total. The maximum absolute atomic E-state index is 13.8. The van der Waals surface area contributed by atoms with Crippen LogP contribution in [0.25, 0.3) is 5.65 Å². The van der Waals surface area contributed by atoms with Crippen LogP contribution in [0.4, 0.5) is 14.6 Å². The number of benzene rings is 1. The summed E-state index contributed by atoms with van der Waals surface area (Å²) in [5.74, 6) is -0.156. The summed E-state index contributed by atoms with van der Waals surface area (Å²) >= 11 is 0. The first kappa shape index (κ1) is 15.0. The molecular weight excluding hydrogens is 312 g/mol. The third-order valence-corrected chi connectivity index (χ3v) is 4.37. The molecule has 0 aliphatic carbocycles. The van der Waals surface area contributed by atoms with E-state index >= 15 is 0 Å². The van der Waals surface area contributed by atoms with Crippen molar-refractivity contribution >= 4 is 11.5 Å². The van der Waals surface area contributed by atoms with Crippen molar-refractivity contribution < 1.29 is 8.78 Å². The molecule has 1 aliphatic heterocycles. The van der Waals surface area contributed by atoms with Gasteiger partial charge in [0.05, 0.1) is 0 Å². The molecule has 0 spiro atoms. The first-order chi connectivity index (χ1) is 11.7. The Hall–Kier alpha value is -2.54. The third kappa shape index (κ3) is 2.82. The second-order valence-electron chi connectivity index (χ2n) is 5.91. The quantitative estimate of drug-likeness (QED) is 0.739. The van der Waals surface area contributed by atoms with Gasteiger partial charge in [-0.15, -0.1) is 0 Å². The third-order valence-electron chi connectivity index (χ3n) is 4.37. The molecule has 1 aromatic carbocycles. The van der Waals surface area contributed by atoms with Gasteiger partial charge >= 0.3 is 0 Å². The van der Waals surface area contributed by atoms with E-state index in [1.165, 1.54) is 12.1 Å². The number of fused-ring (bicyclic) bond motifs is 1. The average Bonchev–Trinajstić information content (AvgIpc) is 3.07. The predicted octanol–water partition coefficient (Wildman–Crippen LogP) is 2.33. The molecule has 0 N–H and O–H groups in total. The van der Waals surface area contributed by atoms with E-state index < -0.39 is 11.6 Å². The molecule has 0 atom stereocenters. The fourth-order valence-electron chi connectivity index (χ4n) is 3.07. The molecule has 0 radical (unpaired) electrons. The second kappa shape index (κ2) is 6.16. The summed E-state index contributed by atoms with van der Waals surface area (Å²) in [5.41, 5.74) is 1.37. The van der Waals surface area contributed by atoms with E-state index in [0.717, 1.165) is 43.7 Å². The summed E-state index contributed by atoms with van der Waals surface area (Å²) in [6, 6.07) is 3.76. The Morgan fingerprint density at radius 3 is 2.46 bits per heavy atom. The van der Waals surface area contributed by atoms with Crippen LogP contribution in [-0.2, 0) is 6.54 Å². The number of aromatic nitrogens is 3. The van der Waals surface area contributed by atoms with Crippen LogP contribution in [0.15, 0.2) is 43.0 Å². The molecule has 3 heterocycles. The van der Waals surface area contributed by atoms with Gasteiger partial charge in [-0.2, -0.15) is 0 Å². The summed E-state index contributed by atoms with van der Waals surface area (Å²) in [6.07, 6.45) is 7.30. The van der Waals surface area contributed by atoms with Crippen molar-refractivity contribution in [1.29, 1.82) is 0 Å². The zero-order valence-electron chi connectivity index (χ0n) is 13.1. The highest BCUT2D eigenvalue weighted by molar-refractivity contribution is 5.64. The van der Waals surface area contributed by atoms with Crippen molar-refractivity contribution in [3.05, 3.63) is 60.2 Å². The van der Waals surface area contributed by atoms with Gasteiger partial charge in [-0.25, -0.2) is 18.7 Å². The van der Waals surface area contributed by atoms with Crippen LogP contribution < -0.4 is 4.90 Å². The molecule has 0 unspecified atom stereocenters. The van der Waals surface area contributed by atoms with Gasteiger partial charge in [-0.3, -0.25) is 4.90 Å². The lowest BCUT2D eigenvalue weighted by Gasteiger charge is -2.35. The van der Waals surface area contributed by atoms with Gasteiger partial charge < -0.3 is 9.30 Å². The first-order valence-corrected chi connectivity index (χ1v) is 7.89. The van der Waals surface area contributed by atoms with Crippen molar-refractivity contribution in [1.82, 2.24) is 19.3 Å². The Labute approximate surface area is 138 Å². The van der Waals surface area contributed by atoms with Crippen LogP contribution in [0.2, 0.25) is 0 Å².